The first-order chi connectivity index (χ1) is 8.94. The summed E-state index contributed by atoms with van der Waals surface area (Å²) in [6.45, 7) is 1.29. The van der Waals surface area contributed by atoms with E-state index in [-0.39, 0.29) is 35.1 Å². The summed E-state index contributed by atoms with van der Waals surface area (Å²) in [5.41, 5.74) is -4.30. The molecule has 114 valence electrons. The fourth-order valence-corrected chi connectivity index (χ4v) is 2.37. The normalized spacial score (nSPS) is 23.0. The number of pyridine rings is 1. The summed E-state index contributed by atoms with van der Waals surface area (Å²) >= 11 is -0.194. The second kappa shape index (κ2) is 7.35. The van der Waals surface area contributed by atoms with Crippen molar-refractivity contribution < 1.29 is 18.3 Å². The number of halogens is 4. The lowest BCUT2D eigenvalue weighted by atomic mass is 10.0. The minimum Gasteiger partial charge on any atom is -0.390 e. The number of aromatic nitrogens is 1. The number of hydrogen-bond acceptors (Lipinski definition) is 5. The van der Waals surface area contributed by atoms with E-state index in [0.29, 0.717) is 12.4 Å². The lowest BCUT2D eigenvalue weighted by Gasteiger charge is -2.29. The summed E-state index contributed by atoms with van der Waals surface area (Å²) in [6.07, 6.45) is 1.38. The van der Waals surface area contributed by atoms with Crippen LogP contribution in [0.15, 0.2) is 23.2 Å². The number of hydrogen-bond donors (Lipinski definition) is 3. The van der Waals surface area contributed by atoms with Crippen LogP contribution in [-0.4, -0.2) is 40.8 Å². The molecule has 2 heterocycles. The van der Waals surface area contributed by atoms with Gasteiger partial charge in [0.2, 0.25) is 0 Å². The fraction of sp³-hybridized carbons (Fsp3) is 0.545. The fourth-order valence-electron chi connectivity index (χ4n) is 1.86. The van der Waals surface area contributed by atoms with Gasteiger partial charge >= 0.3 is 5.51 Å². The molecule has 0 unspecified atom stereocenters. The van der Waals surface area contributed by atoms with Gasteiger partial charge in [0.15, 0.2) is 0 Å². The molecule has 0 bridgehead atoms. The van der Waals surface area contributed by atoms with E-state index >= 15 is 0 Å². The van der Waals surface area contributed by atoms with Gasteiger partial charge in [-0.1, -0.05) is 0 Å². The first-order valence-electron chi connectivity index (χ1n) is 5.81. The molecule has 1 aliphatic rings. The highest BCUT2D eigenvalue weighted by Crippen LogP contribution is 2.36. The van der Waals surface area contributed by atoms with Gasteiger partial charge in [0.1, 0.15) is 5.82 Å². The monoisotopic (exact) mass is 329 g/mol. The number of alkyl halides is 3. The van der Waals surface area contributed by atoms with Crippen LogP contribution in [0, 0.1) is 0 Å². The van der Waals surface area contributed by atoms with Gasteiger partial charge < -0.3 is 15.7 Å². The Morgan fingerprint density at radius 2 is 2.15 bits per heavy atom. The molecule has 1 fully saturated rings. The molecule has 1 aromatic rings. The van der Waals surface area contributed by atoms with Crippen LogP contribution in [-0.2, 0) is 0 Å². The highest BCUT2D eigenvalue weighted by molar-refractivity contribution is 8.00. The molecule has 0 aliphatic carbocycles. The number of piperidine rings is 1. The summed E-state index contributed by atoms with van der Waals surface area (Å²) in [5, 5.41) is 15.8. The number of nitrogens with one attached hydrogen (secondary N) is 2. The van der Waals surface area contributed by atoms with Gasteiger partial charge in [0.05, 0.1) is 12.1 Å². The average Bonchev–Trinajstić information content (AvgIpc) is 2.33. The van der Waals surface area contributed by atoms with Crippen molar-refractivity contribution in [3.8, 4) is 0 Å². The average molecular weight is 330 g/mol. The Kier molecular flexibility index (Phi) is 6.38. The number of aliphatic hydroxyl groups is 1. The van der Waals surface area contributed by atoms with Crippen molar-refractivity contribution in [2.75, 3.05) is 18.4 Å². The van der Waals surface area contributed by atoms with E-state index in [2.05, 4.69) is 15.6 Å². The zero-order valence-electron chi connectivity index (χ0n) is 10.4. The van der Waals surface area contributed by atoms with Gasteiger partial charge in [-0.05, 0) is 36.9 Å². The smallest absolute Gasteiger partial charge is 0.390 e. The van der Waals surface area contributed by atoms with Crippen LogP contribution in [0.4, 0.5) is 19.0 Å². The van der Waals surface area contributed by atoms with Crippen molar-refractivity contribution in [3.05, 3.63) is 18.3 Å². The summed E-state index contributed by atoms with van der Waals surface area (Å²) in [6, 6.07) is 2.72. The Hall–Kier alpha value is -0.700. The molecule has 0 radical (unpaired) electrons. The first kappa shape index (κ1) is 17.4. The van der Waals surface area contributed by atoms with Gasteiger partial charge in [-0.25, -0.2) is 4.98 Å². The zero-order valence-corrected chi connectivity index (χ0v) is 12.0. The Labute approximate surface area is 125 Å². The van der Waals surface area contributed by atoms with Crippen LogP contribution in [0.1, 0.15) is 6.42 Å². The van der Waals surface area contributed by atoms with E-state index in [1.165, 1.54) is 18.3 Å². The van der Waals surface area contributed by atoms with Crippen LogP contribution in [0.3, 0.4) is 0 Å². The van der Waals surface area contributed by atoms with Gasteiger partial charge in [-0.3, -0.25) is 0 Å². The predicted molar refractivity (Wildman–Crippen MR) is 74.3 cm³/mol. The number of anilines is 1. The van der Waals surface area contributed by atoms with E-state index in [9.17, 15) is 18.3 Å². The van der Waals surface area contributed by atoms with E-state index in [0.717, 1.165) is 13.0 Å². The molecular formula is C11H15ClF3N3OS. The lowest BCUT2D eigenvalue weighted by Crippen LogP contribution is -2.47. The molecule has 0 amide bonds. The summed E-state index contributed by atoms with van der Waals surface area (Å²) in [5.74, 6) is 0.470. The number of rotatable bonds is 3. The third-order valence-corrected chi connectivity index (χ3v) is 3.46. The summed E-state index contributed by atoms with van der Waals surface area (Å²) in [7, 11) is 0. The quantitative estimate of drug-likeness (QED) is 0.743. The molecule has 4 nitrogen and oxygen atoms in total. The maximum atomic E-state index is 12.1. The molecule has 0 aromatic carbocycles. The van der Waals surface area contributed by atoms with Gasteiger partial charge in [-0.2, -0.15) is 13.2 Å². The van der Waals surface area contributed by atoms with E-state index in [1.54, 1.807) is 0 Å². The Morgan fingerprint density at radius 1 is 1.40 bits per heavy atom. The molecule has 2 atom stereocenters. The third kappa shape index (κ3) is 5.35. The number of nitrogens with zero attached hydrogens (tertiary/aromatic N) is 1. The molecule has 1 aromatic heterocycles. The number of thioether (sulfide) groups is 1. The zero-order chi connectivity index (χ0) is 13.9. The van der Waals surface area contributed by atoms with Crippen LogP contribution in [0.25, 0.3) is 0 Å². The van der Waals surface area contributed by atoms with Gasteiger partial charge in [-0.15, -0.1) is 12.4 Å². The van der Waals surface area contributed by atoms with Crippen molar-refractivity contribution in [2.24, 2.45) is 0 Å². The van der Waals surface area contributed by atoms with Crippen LogP contribution < -0.4 is 10.6 Å². The van der Waals surface area contributed by atoms with Crippen LogP contribution >= 0.6 is 24.2 Å². The van der Waals surface area contributed by atoms with Crippen molar-refractivity contribution >= 4 is 30.0 Å². The minimum atomic E-state index is -4.30. The van der Waals surface area contributed by atoms with Crippen LogP contribution in [0.2, 0.25) is 0 Å². The van der Waals surface area contributed by atoms with Crippen molar-refractivity contribution in [1.29, 1.82) is 0 Å². The van der Waals surface area contributed by atoms with E-state index in [4.69, 9.17) is 0 Å². The molecule has 20 heavy (non-hydrogen) atoms. The molecule has 9 heteroatoms. The predicted octanol–water partition coefficient (Wildman–Crippen LogP) is 2.25. The van der Waals surface area contributed by atoms with Gasteiger partial charge in [0, 0.05) is 17.6 Å². The number of aliphatic hydroxyl groups excluding tert-OH is 1. The van der Waals surface area contributed by atoms with Gasteiger partial charge in [0.25, 0.3) is 0 Å². The Morgan fingerprint density at radius 3 is 2.70 bits per heavy atom. The second-order valence-corrected chi connectivity index (χ2v) is 5.38. The summed E-state index contributed by atoms with van der Waals surface area (Å²) < 4.78 is 36.4. The molecule has 2 rings (SSSR count). The minimum absolute atomic E-state index is 0. The van der Waals surface area contributed by atoms with E-state index in [1.807, 2.05) is 0 Å². The number of β-amino-alcohol motifs (C(OH)–C–C–N with tert-alkyl or cyclic N) is 1. The van der Waals surface area contributed by atoms with E-state index < -0.39 is 11.6 Å². The highest BCUT2D eigenvalue weighted by atomic mass is 35.5. The topological polar surface area (TPSA) is 57.2 Å². The summed E-state index contributed by atoms with van der Waals surface area (Å²) in [4.78, 5) is 3.97. The standard InChI is InChI=1S/C11H14F3N3OS.ClH/c12-11(13,14)19-7-1-2-10(16-5-7)17-8-3-4-15-6-9(8)18;/h1-2,5,8-9,15,18H,3-4,6H2,(H,16,17);1H/t8-,9+;/m1./s1. The molecule has 3 N–H and O–H groups in total. The molecule has 0 spiro atoms. The SMILES string of the molecule is Cl.O[C@H]1CNCC[C@H]1Nc1ccc(SC(F)(F)F)cn1. The molecule has 1 aliphatic heterocycles. The third-order valence-electron chi connectivity index (χ3n) is 2.75. The maximum absolute atomic E-state index is 12.1. The highest BCUT2D eigenvalue weighted by Gasteiger charge is 2.29. The second-order valence-electron chi connectivity index (χ2n) is 4.24. The Bertz CT molecular complexity index is 418. The molecular weight excluding hydrogens is 315 g/mol. The lowest BCUT2D eigenvalue weighted by molar-refractivity contribution is -0.0328. The van der Waals surface area contributed by atoms with Crippen molar-refractivity contribution in [2.45, 2.75) is 29.0 Å². The first-order valence-corrected chi connectivity index (χ1v) is 6.63. The maximum Gasteiger partial charge on any atom is 0.446 e. The molecule has 1 saturated heterocycles. The largest absolute Gasteiger partial charge is 0.446 e. The Balaban J connectivity index is 0.00000200. The van der Waals surface area contributed by atoms with Crippen LogP contribution in [0.5, 0.6) is 0 Å². The molecule has 0 saturated carbocycles. The van der Waals surface area contributed by atoms with Crippen molar-refractivity contribution in [3.63, 3.8) is 0 Å². The van der Waals surface area contributed by atoms with Crippen molar-refractivity contribution in [1.82, 2.24) is 10.3 Å².